The summed E-state index contributed by atoms with van der Waals surface area (Å²) in [4.78, 5) is 10.8. The molecule has 1 rings (SSSR count). The third-order valence-electron chi connectivity index (χ3n) is 1.92. The minimum Gasteiger partial charge on any atom is -0.497 e. The molecule has 13 heavy (non-hydrogen) atoms. The van der Waals surface area contributed by atoms with Crippen LogP contribution in [0.2, 0.25) is 0 Å². The van der Waals surface area contributed by atoms with Crippen LogP contribution in [0.15, 0.2) is 24.0 Å². The lowest BCUT2D eigenvalue weighted by atomic mass is 9.97. The molecule has 0 aliphatic heterocycles. The van der Waals surface area contributed by atoms with E-state index in [1.165, 1.54) is 6.92 Å². The summed E-state index contributed by atoms with van der Waals surface area (Å²) in [5.74, 6) is 0.547. The minimum absolute atomic E-state index is 0.263. The van der Waals surface area contributed by atoms with Crippen LogP contribution in [0.4, 0.5) is 0 Å². The van der Waals surface area contributed by atoms with E-state index in [-0.39, 0.29) is 5.97 Å². The van der Waals surface area contributed by atoms with E-state index in [9.17, 15) is 4.79 Å². The molecule has 1 atom stereocenters. The molecule has 3 nitrogen and oxygen atoms in total. The zero-order chi connectivity index (χ0) is 9.90. The Kier molecular flexibility index (Phi) is 2.76. The normalized spacial score (nSPS) is 26.5. The van der Waals surface area contributed by atoms with E-state index >= 15 is 0 Å². The molecular weight excluding hydrogens is 168 g/mol. The van der Waals surface area contributed by atoms with Crippen molar-refractivity contribution < 1.29 is 14.3 Å². The van der Waals surface area contributed by atoms with Crippen molar-refractivity contribution in [3.05, 3.63) is 24.0 Å². The van der Waals surface area contributed by atoms with Gasteiger partial charge in [-0.1, -0.05) is 0 Å². The van der Waals surface area contributed by atoms with Gasteiger partial charge in [0.25, 0.3) is 0 Å². The van der Waals surface area contributed by atoms with Gasteiger partial charge in [0.15, 0.2) is 0 Å². The van der Waals surface area contributed by atoms with E-state index in [1.54, 1.807) is 7.11 Å². The number of carbonyl (C=O) groups is 1. The topological polar surface area (TPSA) is 35.5 Å². The number of esters is 1. The van der Waals surface area contributed by atoms with Gasteiger partial charge in [-0.05, 0) is 25.2 Å². The van der Waals surface area contributed by atoms with E-state index in [0.717, 1.165) is 5.76 Å². The molecule has 3 heteroatoms. The number of rotatable bonds is 2. The maximum atomic E-state index is 10.8. The molecular formula is C10H14O3. The highest BCUT2D eigenvalue weighted by Crippen LogP contribution is 2.24. The van der Waals surface area contributed by atoms with Crippen molar-refractivity contribution in [2.75, 3.05) is 7.11 Å². The van der Waals surface area contributed by atoms with Crippen molar-refractivity contribution in [2.24, 2.45) is 0 Å². The number of methoxy groups -OCH3 is 1. The highest BCUT2D eigenvalue weighted by Gasteiger charge is 2.25. The standard InChI is InChI=1S/C10H14O3/c1-8(11)13-10(2)6-4-9(12-3)5-7-10/h4-6H,7H2,1-3H3/t10-/m1/s1. The first-order valence-corrected chi connectivity index (χ1v) is 4.19. The lowest BCUT2D eigenvalue weighted by Gasteiger charge is -2.26. The molecule has 0 saturated carbocycles. The molecule has 0 heterocycles. The second-order valence-electron chi connectivity index (χ2n) is 3.25. The van der Waals surface area contributed by atoms with Crippen LogP contribution in [0.3, 0.4) is 0 Å². The summed E-state index contributed by atoms with van der Waals surface area (Å²) in [5.41, 5.74) is -0.506. The Morgan fingerprint density at radius 1 is 1.62 bits per heavy atom. The molecule has 0 saturated heterocycles. The Morgan fingerprint density at radius 2 is 2.31 bits per heavy atom. The monoisotopic (exact) mass is 182 g/mol. The lowest BCUT2D eigenvalue weighted by molar-refractivity contribution is -0.150. The van der Waals surface area contributed by atoms with Gasteiger partial charge in [-0.3, -0.25) is 4.79 Å². The second kappa shape index (κ2) is 3.64. The average molecular weight is 182 g/mol. The van der Waals surface area contributed by atoms with Crippen LogP contribution in [0.1, 0.15) is 20.3 Å². The van der Waals surface area contributed by atoms with Gasteiger partial charge < -0.3 is 9.47 Å². The number of carbonyl (C=O) groups excluding carboxylic acids is 1. The predicted molar refractivity (Wildman–Crippen MR) is 49.0 cm³/mol. The average Bonchev–Trinajstić information content (AvgIpc) is 2.04. The van der Waals surface area contributed by atoms with E-state index in [0.29, 0.717) is 6.42 Å². The third-order valence-corrected chi connectivity index (χ3v) is 1.92. The van der Waals surface area contributed by atoms with Gasteiger partial charge in [-0.2, -0.15) is 0 Å². The van der Waals surface area contributed by atoms with Crippen LogP contribution in [-0.2, 0) is 14.3 Å². The van der Waals surface area contributed by atoms with Gasteiger partial charge in [-0.15, -0.1) is 0 Å². The second-order valence-corrected chi connectivity index (χ2v) is 3.25. The van der Waals surface area contributed by atoms with Gasteiger partial charge in [0, 0.05) is 13.3 Å². The first-order valence-electron chi connectivity index (χ1n) is 4.19. The van der Waals surface area contributed by atoms with Crippen molar-refractivity contribution >= 4 is 5.97 Å². The van der Waals surface area contributed by atoms with Gasteiger partial charge >= 0.3 is 5.97 Å². The molecule has 0 fully saturated rings. The highest BCUT2D eigenvalue weighted by atomic mass is 16.6. The number of ether oxygens (including phenoxy) is 2. The third kappa shape index (κ3) is 2.61. The molecule has 0 amide bonds. The van der Waals surface area contributed by atoms with E-state index in [2.05, 4.69) is 0 Å². The quantitative estimate of drug-likeness (QED) is 0.611. The van der Waals surface area contributed by atoms with Crippen molar-refractivity contribution in [2.45, 2.75) is 25.9 Å². The zero-order valence-corrected chi connectivity index (χ0v) is 8.16. The molecule has 0 N–H and O–H groups in total. The van der Waals surface area contributed by atoms with Crippen molar-refractivity contribution in [1.82, 2.24) is 0 Å². The Labute approximate surface area is 78.0 Å². The number of hydrogen-bond acceptors (Lipinski definition) is 3. The van der Waals surface area contributed by atoms with E-state index < -0.39 is 5.60 Å². The van der Waals surface area contributed by atoms with Crippen molar-refractivity contribution in [1.29, 1.82) is 0 Å². The van der Waals surface area contributed by atoms with Crippen LogP contribution in [0, 0.1) is 0 Å². The van der Waals surface area contributed by atoms with Crippen LogP contribution >= 0.6 is 0 Å². The molecule has 0 aromatic carbocycles. The van der Waals surface area contributed by atoms with Crippen molar-refractivity contribution in [3.63, 3.8) is 0 Å². The van der Waals surface area contributed by atoms with E-state index in [4.69, 9.17) is 9.47 Å². The maximum Gasteiger partial charge on any atom is 0.303 e. The van der Waals surface area contributed by atoms with Crippen LogP contribution < -0.4 is 0 Å². The number of allylic oxidation sites excluding steroid dienone is 1. The van der Waals surface area contributed by atoms with E-state index in [1.807, 2.05) is 25.2 Å². The molecule has 0 aromatic heterocycles. The van der Waals surface area contributed by atoms with Crippen LogP contribution in [0.25, 0.3) is 0 Å². The first-order chi connectivity index (χ1) is 6.06. The minimum atomic E-state index is -0.506. The Bertz CT molecular complexity index is 265. The smallest absolute Gasteiger partial charge is 0.303 e. The summed E-state index contributed by atoms with van der Waals surface area (Å²) < 4.78 is 10.2. The van der Waals surface area contributed by atoms with Crippen LogP contribution in [-0.4, -0.2) is 18.7 Å². The summed E-state index contributed by atoms with van der Waals surface area (Å²) in [6, 6.07) is 0. The Morgan fingerprint density at radius 3 is 2.69 bits per heavy atom. The van der Waals surface area contributed by atoms with Gasteiger partial charge in [0.2, 0.25) is 0 Å². The fourth-order valence-corrected chi connectivity index (χ4v) is 1.25. The van der Waals surface area contributed by atoms with Crippen LogP contribution in [0.5, 0.6) is 0 Å². The maximum absolute atomic E-state index is 10.8. The molecule has 0 aromatic rings. The fourth-order valence-electron chi connectivity index (χ4n) is 1.25. The van der Waals surface area contributed by atoms with Gasteiger partial charge in [0.1, 0.15) is 11.4 Å². The molecule has 0 bridgehead atoms. The summed E-state index contributed by atoms with van der Waals surface area (Å²) in [7, 11) is 1.62. The Hall–Kier alpha value is -1.25. The molecule has 1 aliphatic rings. The summed E-state index contributed by atoms with van der Waals surface area (Å²) in [6.45, 7) is 3.28. The fraction of sp³-hybridized carbons (Fsp3) is 0.500. The molecule has 1 aliphatic carbocycles. The largest absolute Gasteiger partial charge is 0.497 e. The summed E-state index contributed by atoms with van der Waals surface area (Å²) >= 11 is 0. The summed E-state index contributed by atoms with van der Waals surface area (Å²) in [6.07, 6.45) is 6.22. The summed E-state index contributed by atoms with van der Waals surface area (Å²) in [5, 5.41) is 0. The highest BCUT2D eigenvalue weighted by molar-refractivity contribution is 5.67. The SMILES string of the molecule is COC1=CC[C@](C)(OC(C)=O)C=C1. The predicted octanol–water partition coefficient (Wildman–Crippen LogP) is 1.80. The molecule has 0 unspecified atom stereocenters. The van der Waals surface area contributed by atoms with Gasteiger partial charge in [-0.25, -0.2) is 0 Å². The Balaban J connectivity index is 2.63. The van der Waals surface area contributed by atoms with Crippen molar-refractivity contribution in [3.8, 4) is 0 Å². The zero-order valence-electron chi connectivity index (χ0n) is 8.16. The van der Waals surface area contributed by atoms with Gasteiger partial charge in [0.05, 0.1) is 7.11 Å². The first kappa shape index (κ1) is 9.84. The molecule has 72 valence electrons. The molecule has 0 radical (unpaired) electrons. The molecule has 0 spiro atoms. The lowest BCUT2D eigenvalue weighted by Crippen LogP contribution is -2.29. The number of hydrogen-bond donors (Lipinski definition) is 0.